The van der Waals surface area contributed by atoms with Crippen LogP contribution in [0, 0.1) is 18.3 Å². The third-order valence-electron chi connectivity index (χ3n) is 4.36. The molecule has 1 heterocycles. The van der Waals surface area contributed by atoms with Crippen molar-refractivity contribution >= 4 is 33.0 Å². The van der Waals surface area contributed by atoms with E-state index in [-0.39, 0.29) is 11.3 Å². The molecule has 1 amide bonds. The molecule has 0 saturated heterocycles. The van der Waals surface area contributed by atoms with E-state index in [0.29, 0.717) is 23.0 Å². The Morgan fingerprint density at radius 2 is 2.05 bits per heavy atom. The van der Waals surface area contributed by atoms with E-state index in [9.17, 15) is 4.79 Å². The minimum absolute atomic E-state index is 0.0672. The second kappa shape index (κ2) is 5.68. The first kappa shape index (κ1) is 15.8. The first-order valence-corrected chi connectivity index (χ1v) is 8.11. The molecule has 0 aliphatic rings. The molecule has 0 saturated carbocycles. The molecule has 21 heavy (non-hydrogen) atoms. The fourth-order valence-corrected chi connectivity index (χ4v) is 3.12. The first-order chi connectivity index (χ1) is 9.72. The molecule has 0 unspecified atom stereocenters. The van der Waals surface area contributed by atoms with Crippen LogP contribution in [-0.2, 0) is 0 Å². The molecule has 0 aliphatic heterocycles. The second-order valence-corrected chi connectivity index (χ2v) is 7.72. The number of benzene rings is 1. The highest BCUT2D eigenvalue weighted by atomic mass is 32.1. The molecule has 0 fully saturated rings. The van der Waals surface area contributed by atoms with Gasteiger partial charge in [0.2, 0.25) is 0 Å². The molecule has 1 aromatic heterocycles. The van der Waals surface area contributed by atoms with Crippen molar-refractivity contribution < 1.29 is 4.79 Å². The predicted octanol–water partition coefficient (Wildman–Crippen LogP) is 4.20. The number of carbonyl (C=O) groups excluding carboxylic acids is 1. The van der Waals surface area contributed by atoms with E-state index < -0.39 is 0 Å². The third-order valence-corrected chi connectivity index (χ3v) is 5.52. The average Bonchev–Trinajstić information content (AvgIpc) is 2.72. The van der Waals surface area contributed by atoms with E-state index in [0.717, 1.165) is 10.1 Å². The monoisotopic (exact) mass is 304 g/mol. The Hall–Kier alpha value is -1.55. The number of amides is 1. The Balaban J connectivity index is 2.22. The summed E-state index contributed by atoms with van der Waals surface area (Å²) < 4.78 is 1.07. The fourth-order valence-electron chi connectivity index (χ4n) is 1.98. The van der Waals surface area contributed by atoms with Crippen molar-refractivity contribution in [3.63, 3.8) is 0 Å². The maximum absolute atomic E-state index is 12.4. The van der Waals surface area contributed by atoms with Gasteiger partial charge in [-0.25, -0.2) is 0 Å². The molecule has 2 aromatic rings. The molecule has 0 spiro atoms. The number of hydrogen-bond donors (Lipinski definition) is 2. The minimum Gasteiger partial charge on any atom is -0.397 e. The van der Waals surface area contributed by atoms with Gasteiger partial charge in [0, 0.05) is 16.6 Å². The summed E-state index contributed by atoms with van der Waals surface area (Å²) in [4.78, 5) is 13.0. The zero-order valence-corrected chi connectivity index (χ0v) is 14.2. The molecule has 2 rings (SSSR count). The Labute approximate surface area is 130 Å². The van der Waals surface area contributed by atoms with Crippen molar-refractivity contribution in [3.8, 4) is 0 Å². The zero-order chi connectivity index (χ0) is 15.8. The number of nitrogen functional groups attached to an aromatic ring is 1. The number of nitrogens with two attached hydrogens (primary N) is 1. The van der Waals surface area contributed by atoms with Crippen LogP contribution in [0.25, 0.3) is 10.1 Å². The summed E-state index contributed by atoms with van der Waals surface area (Å²) >= 11 is 1.47. The van der Waals surface area contributed by atoms with Crippen LogP contribution in [0.5, 0.6) is 0 Å². The van der Waals surface area contributed by atoms with Gasteiger partial charge in [-0.1, -0.05) is 39.8 Å². The first-order valence-electron chi connectivity index (χ1n) is 7.29. The van der Waals surface area contributed by atoms with Crippen molar-refractivity contribution in [2.75, 3.05) is 12.3 Å². The topological polar surface area (TPSA) is 55.1 Å². The lowest BCUT2D eigenvalue weighted by Crippen LogP contribution is -2.36. The lowest BCUT2D eigenvalue weighted by Gasteiger charge is -2.29. The average molecular weight is 304 g/mol. The van der Waals surface area contributed by atoms with Gasteiger partial charge < -0.3 is 11.1 Å². The Morgan fingerprint density at radius 1 is 1.38 bits per heavy atom. The maximum atomic E-state index is 12.4. The van der Waals surface area contributed by atoms with Gasteiger partial charge in [-0.3, -0.25) is 4.79 Å². The van der Waals surface area contributed by atoms with Crippen LogP contribution < -0.4 is 11.1 Å². The molecule has 0 aliphatic carbocycles. The van der Waals surface area contributed by atoms with Gasteiger partial charge >= 0.3 is 0 Å². The van der Waals surface area contributed by atoms with Crippen molar-refractivity contribution in [1.82, 2.24) is 5.32 Å². The predicted molar refractivity (Wildman–Crippen MR) is 91.9 cm³/mol. The smallest absolute Gasteiger partial charge is 0.263 e. The largest absolute Gasteiger partial charge is 0.397 e. The summed E-state index contributed by atoms with van der Waals surface area (Å²) in [6.45, 7) is 11.4. The van der Waals surface area contributed by atoms with Crippen LogP contribution >= 0.6 is 11.3 Å². The molecule has 1 aromatic carbocycles. The molecule has 0 radical (unpaired) electrons. The van der Waals surface area contributed by atoms with Gasteiger partial charge in [0.25, 0.3) is 5.91 Å². The number of nitrogens with one attached hydrogen (secondary N) is 1. The standard InChI is InChI=1S/C17H24N2OS/c1-10(2)17(4,5)9-19-16(20)15-14(18)12-7-6-11(3)8-13(12)21-15/h6-8,10H,9,18H2,1-5H3,(H,19,20). The van der Waals surface area contributed by atoms with Crippen LogP contribution in [0.15, 0.2) is 18.2 Å². The quantitative estimate of drug-likeness (QED) is 0.889. The molecule has 3 N–H and O–H groups in total. The molecular formula is C17H24N2OS. The lowest BCUT2D eigenvalue weighted by atomic mass is 9.81. The van der Waals surface area contributed by atoms with Crippen LogP contribution in [0.4, 0.5) is 5.69 Å². The number of rotatable bonds is 4. The zero-order valence-electron chi connectivity index (χ0n) is 13.4. The van der Waals surface area contributed by atoms with Crippen LogP contribution in [-0.4, -0.2) is 12.5 Å². The van der Waals surface area contributed by atoms with Gasteiger partial charge in [0.05, 0.1) is 5.69 Å². The molecule has 3 nitrogen and oxygen atoms in total. The molecule has 114 valence electrons. The summed E-state index contributed by atoms with van der Waals surface area (Å²) in [6.07, 6.45) is 0. The molecule has 4 heteroatoms. The highest BCUT2D eigenvalue weighted by Crippen LogP contribution is 2.34. The van der Waals surface area contributed by atoms with Gasteiger partial charge in [-0.05, 0) is 29.9 Å². The Kier molecular flexibility index (Phi) is 4.28. The van der Waals surface area contributed by atoms with E-state index >= 15 is 0 Å². The second-order valence-electron chi connectivity index (χ2n) is 6.67. The van der Waals surface area contributed by atoms with Crippen molar-refractivity contribution in [1.29, 1.82) is 0 Å². The highest BCUT2D eigenvalue weighted by molar-refractivity contribution is 7.21. The number of fused-ring (bicyclic) bond motifs is 1. The van der Waals surface area contributed by atoms with E-state index in [1.807, 2.05) is 19.1 Å². The van der Waals surface area contributed by atoms with Gasteiger partial charge in [0.15, 0.2) is 0 Å². The van der Waals surface area contributed by atoms with E-state index in [4.69, 9.17) is 5.73 Å². The van der Waals surface area contributed by atoms with Crippen LogP contribution in [0.3, 0.4) is 0 Å². The molecular weight excluding hydrogens is 280 g/mol. The molecule has 0 bridgehead atoms. The third kappa shape index (κ3) is 3.21. The summed E-state index contributed by atoms with van der Waals surface area (Å²) in [6, 6.07) is 6.09. The molecule has 0 atom stereocenters. The Morgan fingerprint density at radius 3 is 2.67 bits per heavy atom. The number of carbonyl (C=O) groups is 1. The number of aryl methyl sites for hydroxylation is 1. The normalized spacial score (nSPS) is 12.1. The fraction of sp³-hybridized carbons (Fsp3) is 0.471. The van der Waals surface area contributed by atoms with Gasteiger partial charge in [-0.2, -0.15) is 0 Å². The summed E-state index contributed by atoms with van der Waals surface area (Å²) in [7, 11) is 0. The number of anilines is 1. The van der Waals surface area contributed by atoms with Gasteiger partial charge in [0.1, 0.15) is 4.88 Å². The summed E-state index contributed by atoms with van der Waals surface area (Å²) in [5.74, 6) is 0.431. The highest BCUT2D eigenvalue weighted by Gasteiger charge is 2.24. The van der Waals surface area contributed by atoms with Gasteiger partial charge in [-0.15, -0.1) is 11.3 Å². The SMILES string of the molecule is Cc1ccc2c(N)c(C(=O)NCC(C)(C)C(C)C)sc2c1. The lowest BCUT2D eigenvalue weighted by molar-refractivity contribution is 0.0930. The summed E-state index contributed by atoms with van der Waals surface area (Å²) in [5, 5.41) is 4.00. The Bertz CT molecular complexity index is 671. The minimum atomic E-state index is -0.0694. The number of thiophene rings is 1. The van der Waals surface area contributed by atoms with Crippen molar-refractivity contribution in [2.24, 2.45) is 11.3 Å². The van der Waals surface area contributed by atoms with Crippen molar-refractivity contribution in [3.05, 3.63) is 28.6 Å². The van der Waals surface area contributed by atoms with Crippen LogP contribution in [0.1, 0.15) is 42.9 Å². The summed E-state index contributed by atoms with van der Waals surface area (Å²) in [5.41, 5.74) is 7.98. The van der Waals surface area contributed by atoms with E-state index in [1.54, 1.807) is 0 Å². The maximum Gasteiger partial charge on any atom is 0.263 e. The van der Waals surface area contributed by atoms with Crippen LogP contribution in [0.2, 0.25) is 0 Å². The number of hydrogen-bond acceptors (Lipinski definition) is 3. The van der Waals surface area contributed by atoms with Crippen molar-refractivity contribution in [2.45, 2.75) is 34.6 Å². The van der Waals surface area contributed by atoms with E-state index in [1.165, 1.54) is 16.9 Å². The van der Waals surface area contributed by atoms with E-state index in [2.05, 4.69) is 39.1 Å².